The molecule has 76 valence electrons. The molecule has 0 saturated carbocycles. The molecule has 0 radical (unpaired) electrons. The van der Waals surface area contributed by atoms with Gasteiger partial charge < -0.3 is 4.74 Å². The summed E-state index contributed by atoms with van der Waals surface area (Å²) < 4.78 is 6.70. The van der Waals surface area contributed by atoms with E-state index in [2.05, 4.69) is 22.6 Å². The molecule has 0 N–H and O–H groups in total. The summed E-state index contributed by atoms with van der Waals surface area (Å²) in [6.45, 7) is 0. The normalized spacial score (nSPS) is 10.0. The number of ether oxygens (including phenoxy) is 1. The lowest BCUT2D eigenvalue weighted by Crippen LogP contribution is -1.86. The molecule has 0 unspecified atom stereocenters. The van der Waals surface area contributed by atoms with E-state index in [1.54, 1.807) is 0 Å². The fourth-order valence-corrected chi connectivity index (χ4v) is 2.16. The van der Waals surface area contributed by atoms with Crippen molar-refractivity contribution in [1.29, 1.82) is 0 Å². The summed E-state index contributed by atoms with van der Waals surface area (Å²) in [6.07, 6.45) is 0. The van der Waals surface area contributed by atoms with Gasteiger partial charge in [0.1, 0.15) is 11.5 Å². The molecule has 0 atom stereocenters. The Balaban J connectivity index is 2.25. The summed E-state index contributed by atoms with van der Waals surface area (Å²) in [6, 6.07) is 15.3. The summed E-state index contributed by atoms with van der Waals surface area (Å²) in [7, 11) is 0. The standard InChI is InChI=1S/C12H8ClIO/c13-9-6-7-12(11(14)8-9)15-10-4-2-1-3-5-10/h1-8H. The van der Waals surface area contributed by atoms with Crippen LogP contribution in [0.1, 0.15) is 0 Å². The van der Waals surface area contributed by atoms with Crippen LogP contribution in [0.5, 0.6) is 11.5 Å². The van der Waals surface area contributed by atoms with Crippen LogP contribution in [0.3, 0.4) is 0 Å². The first-order valence-electron chi connectivity index (χ1n) is 4.43. The molecule has 0 aliphatic heterocycles. The Morgan fingerprint density at radius 3 is 2.40 bits per heavy atom. The summed E-state index contributed by atoms with van der Waals surface area (Å²) in [4.78, 5) is 0. The molecule has 0 fully saturated rings. The maximum atomic E-state index is 5.86. The minimum Gasteiger partial charge on any atom is -0.456 e. The van der Waals surface area contributed by atoms with Gasteiger partial charge in [0.25, 0.3) is 0 Å². The van der Waals surface area contributed by atoms with Crippen molar-refractivity contribution in [2.75, 3.05) is 0 Å². The zero-order valence-electron chi connectivity index (χ0n) is 7.78. The van der Waals surface area contributed by atoms with E-state index in [9.17, 15) is 0 Å². The second kappa shape index (κ2) is 4.86. The first kappa shape index (κ1) is 10.8. The Morgan fingerprint density at radius 1 is 1.00 bits per heavy atom. The number of rotatable bonds is 2. The highest BCUT2D eigenvalue weighted by molar-refractivity contribution is 14.1. The van der Waals surface area contributed by atoms with Gasteiger partial charge in [0.05, 0.1) is 3.57 Å². The van der Waals surface area contributed by atoms with Crippen molar-refractivity contribution in [3.63, 3.8) is 0 Å². The first-order chi connectivity index (χ1) is 7.25. The molecule has 15 heavy (non-hydrogen) atoms. The minimum atomic E-state index is 0.722. The molecule has 2 aromatic carbocycles. The average Bonchev–Trinajstić information content (AvgIpc) is 2.24. The quantitative estimate of drug-likeness (QED) is 0.723. The first-order valence-corrected chi connectivity index (χ1v) is 5.89. The summed E-state index contributed by atoms with van der Waals surface area (Å²) >= 11 is 8.06. The van der Waals surface area contributed by atoms with Gasteiger partial charge in [-0.05, 0) is 52.9 Å². The van der Waals surface area contributed by atoms with Crippen molar-refractivity contribution >= 4 is 34.2 Å². The van der Waals surface area contributed by atoms with Crippen LogP contribution in [0.4, 0.5) is 0 Å². The number of hydrogen-bond donors (Lipinski definition) is 0. The highest BCUT2D eigenvalue weighted by atomic mass is 127. The molecule has 2 rings (SSSR count). The Bertz CT molecular complexity index is 456. The molecule has 0 aliphatic carbocycles. The van der Waals surface area contributed by atoms with E-state index in [0.717, 1.165) is 20.1 Å². The van der Waals surface area contributed by atoms with Crippen LogP contribution in [0.15, 0.2) is 48.5 Å². The number of benzene rings is 2. The van der Waals surface area contributed by atoms with Crippen molar-refractivity contribution in [1.82, 2.24) is 0 Å². The van der Waals surface area contributed by atoms with Crippen molar-refractivity contribution in [3.8, 4) is 11.5 Å². The zero-order valence-corrected chi connectivity index (χ0v) is 10.7. The summed E-state index contributed by atoms with van der Waals surface area (Å²) in [5.41, 5.74) is 0. The second-order valence-corrected chi connectivity index (χ2v) is 4.59. The van der Waals surface area contributed by atoms with Gasteiger partial charge in [-0.15, -0.1) is 0 Å². The van der Waals surface area contributed by atoms with E-state index < -0.39 is 0 Å². The Labute approximate surface area is 107 Å². The lowest BCUT2D eigenvalue weighted by atomic mass is 10.3. The van der Waals surface area contributed by atoms with Crippen LogP contribution in [0.2, 0.25) is 5.02 Å². The molecule has 3 heteroatoms. The van der Waals surface area contributed by atoms with E-state index >= 15 is 0 Å². The van der Waals surface area contributed by atoms with Gasteiger partial charge >= 0.3 is 0 Å². The fraction of sp³-hybridized carbons (Fsp3) is 0. The largest absolute Gasteiger partial charge is 0.456 e. The van der Waals surface area contributed by atoms with E-state index in [0.29, 0.717) is 0 Å². The third-order valence-corrected chi connectivity index (χ3v) is 2.94. The maximum Gasteiger partial charge on any atom is 0.140 e. The van der Waals surface area contributed by atoms with Crippen molar-refractivity contribution in [2.45, 2.75) is 0 Å². The van der Waals surface area contributed by atoms with Crippen LogP contribution in [-0.4, -0.2) is 0 Å². The Kier molecular flexibility index (Phi) is 3.49. The van der Waals surface area contributed by atoms with Gasteiger partial charge in [-0.1, -0.05) is 29.8 Å². The molecule has 0 aliphatic rings. The lowest BCUT2D eigenvalue weighted by Gasteiger charge is -2.07. The van der Waals surface area contributed by atoms with Crippen LogP contribution < -0.4 is 4.74 Å². The average molecular weight is 331 g/mol. The van der Waals surface area contributed by atoms with E-state index in [4.69, 9.17) is 16.3 Å². The Morgan fingerprint density at radius 2 is 1.73 bits per heavy atom. The van der Waals surface area contributed by atoms with Gasteiger partial charge in [0, 0.05) is 5.02 Å². The van der Waals surface area contributed by atoms with E-state index in [-0.39, 0.29) is 0 Å². The molecule has 0 amide bonds. The third kappa shape index (κ3) is 2.86. The third-order valence-electron chi connectivity index (χ3n) is 1.86. The number of hydrogen-bond acceptors (Lipinski definition) is 1. The zero-order chi connectivity index (χ0) is 10.7. The Hall–Kier alpha value is -0.740. The van der Waals surface area contributed by atoms with Gasteiger partial charge in [0.2, 0.25) is 0 Å². The molecular formula is C12H8ClIO. The molecule has 2 aromatic rings. The van der Waals surface area contributed by atoms with Crippen LogP contribution in [0, 0.1) is 3.57 Å². The van der Waals surface area contributed by atoms with Crippen molar-refractivity contribution in [2.24, 2.45) is 0 Å². The molecule has 0 aromatic heterocycles. The minimum absolute atomic E-state index is 0.722. The van der Waals surface area contributed by atoms with Crippen molar-refractivity contribution in [3.05, 3.63) is 57.1 Å². The number of para-hydroxylation sites is 1. The lowest BCUT2D eigenvalue weighted by molar-refractivity contribution is 0.479. The summed E-state index contributed by atoms with van der Waals surface area (Å²) in [5, 5.41) is 0.722. The van der Waals surface area contributed by atoms with Gasteiger partial charge in [-0.25, -0.2) is 0 Å². The molecule has 1 nitrogen and oxygen atoms in total. The highest BCUT2D eigenvalue weighted by Crippen LogP contribution is 2.28. The molecule has 0 saturated heterocycles. The van der Waals surface area contributed by atoms with Crippen LogP contribution in [0.25, 0.3) is 0 Å². The van der Waals surface area contributed by atoms with E-state index in [1.807, 2.05) is 48.5 Å². The maximum absolute atomic E-state index is 5.86. The predicted molar refractivity (Wildman–Crippen MR) is 70.7 cm³/mol. The molecular weight excluding hydrogens is 322 g/mol. The number of halogens is 2. The van der Waals surface area contributed by atoms with Crippen LogP contribution >= 0.6 is 34.2 Å². The predicted octanol–water partition coefficient (Wildman–Crippen LogP) is 4.74. The monoisotopic (exact) mass is 330 g/mol. The second-order valence-electron chi connectivity index (χ2n) is 2.99. The SMILES string of the molecule is Clc1ccc(Oc2ccccc2)c(I)c1. The van der Waals surface area contributed by atoms with Crippen molar-refractivity contribution < 1.29 is 4.74 Å². The fourth-order valence-electron chi connectivity index (χ4n) is 1.17. The summed E-state index contributed by atoms with van der Waals surface area (Å²) in [5.74, 6) is 1.66. The highest BCUT2D eigenvalue weighted by Gasteiger charge is 2.02. The smallest absolute Gasteiger partial charge is 0.140 e. The van der Waals surface area contributed by atoms with Gasteiger partial charge in [-0.2, -0.15) is 0 Å². The topological polar surface area (TPSA) is 9.23 Å². The van der Waals surface area contributed by atoms with Crippen LogP contribution in [-0.2, 0) is 0 Å². The van der Waals surface area contributed by atoms with Gasteiger partial charge in [-0.3, -0.25) is 0 Å². The molecule has 0 heterocycles. The molecule has 0 bridgehead atoms. The van der Waals surface area contributed by atoms with Gasteiger partial charge in [0.15, 0.2) is 0 Å². The molecule has 0 spiro atoms. The van der Waals surface area contributed by atoms with E-state index in [1.165, 1.54) is 0 Å².